The number of unbranched alkanes of at least 4 members (excludes halogenated alkanes) is 40. The summed E-state index contributed by atoms with van der Waals surface area (Å²) in [5.41, 5.74) is 0. The molecule has 4 unspecified atom stereocenters. The number of aliphatic hydroxyl groups excluding tert-OH is 1. The lowest BCUT2D eigenvalue weighted by Crippen LogP contribution is -2.30. The summed E-state index contributed by atoms with van der Waals surface area (Å²) in [5.74, 6) is 0.969. The summed E-state index contributed by atoms with van der Waals surface area (Å²) in [4.78, 5) is 72.9. The smallest absolute Gasteiger partial charge is 0.462 e. The van der Waals surface area contributed by atoms with Crippen LogP contribution in [0.5, 0.6) is 0 Å². The van der Waals surface area contributed by atoms with E-state index in [9.17, 15) is 43.2 Å². The molecule has 97 heavy (non-hydrogen) atoms. The van der Waals surface area contributed by atoms with E-state index in [1.165, 1.54) is 199 Å². The maximum Gasteiger partial charge on any atom is 0.472 e. The average molecular weight is 1420 g/mol. The summed E-state index contributed by atoms with van der Waals surface area (Å²) in [6.07, 6.45) is 52.7. The van der Waals surface area contributed by atoms with E-state index in [4.69, 9.17) is 37.0 Å². The Morgan fingerprint density at radius 3 is 0.732 bits per heavy atom. The highest BCUT2D eigenvalue weighted by Crippen LogP contribution is 2.45. The highest BCUT2D eigenvalue weighted by atomic mass is 31.2. The minimum Gasteiger partial charge on any atom is -0.462 e. The van der Waals surface area contributed by atoms with Crippen LogP contribution >= 0.6 is 15.6 Å². The minimum absolute atomic E-state index is 0.104. The maximum atomic E-state index is 13.1. The molecule has 0 aromatic rings. The predicted molar refractivity (Wildman–Crippen MR) is 395 cm³/mol. The third-order valence-corrected chi connectivity index (χ3v) is 20.3. The number of phosphoric acid groups is 2. The van der Waals surface area contributed by atoms with Gasteiger partial charge in [-0.25, -0.2) is 9.13 Å². The molecule has 0 aromatic carbocycles. The molecular weight excluding hydrogens is 1270 g/mol. The van der Waals surface area contributed by atoms with E-state index in [2.05, 4.69) is 55.4 Å². The molecule has 0 heterocycles. The number of carbonyl (C=O) groups is 4. The summed E-state index contributed by atoms with van der Waals surface area (Å²) >= 11 is 0. The molecule has 19 heteroatoms. The Balaban J connectivity index is 5.25. The Morgan fingerprint density at radius 1 is 0.289 bits per heavy atom. The third kappa shape index (κ3) is 70.9. The van der Waals surface area contributed by atoms with E-state index in [1.807, 2.05) is 0 Å². The molecule has 0 radical (unpaired) electrons. The van der Waals surface area contributed by atoms with Gasteiger partial charge < -0.3 is 33.8 Å². The molecule has 0 aliphatic heterocycles. The van der Waals surface area contributed by atoms with Crippen molar-refractivity contribution in [3.8, 4) is 0 Å². The average Bonchev–Trinajstić information content (AvgIpc) is 3.41. The van der Waals surface area contributed by atoms with E-state index < -0.39 is 97.5 Å². The lowest BCUT2D eigenvalue weighted by atomic mass is 9.99. The molecule has 0 rings (SSSR count). The standard InChI is InChI=1S/C78H152O17P2/c1-9-71(8)57-49-41-33-27-29-37-45-53-61-78(83)95-74(65-89-76(81)59-51-43-35-28-26-32-40-48-56-70(6)7)67-93-97(86,87)91-63-72(79)62-90-96(84,85)92-66-73(94-77(82)60-52-44-36-25-21-17-13-15-19-23-31-39-47-55-69(4)5)64-88-75(80)58-50-42-34-24-20-16-12-10-11-14-18-22-30-38-46-54-68(2)3/h68-74,79H,9-67H2,1-8H3,(H,84,85)(H,86,87)/t71?,72?,73-,74-/m1/s1. The number of rotatable bonds is 75. The minimum atomic E-state index is -4.96. The van der Waals surface area contributed by atoms with Gasteiger partial charge in [0.25, 0.3) is 0 Å². The van der Waals surface area contributed by atoms with E-state index in [1.54, 1.807) is 0 Å². The van der Waals surface area contributed by atoms with Gasteiger partial charge in [-0.15, -0.1) is 0 Å². The van der Waals surface area contributed by atoms with Gasteiger partial charge >= 0.3 is 39.5 Å². The molecule has 0 aliphatic rings. The van der Waals surface area contributed by atoms with Gasteiger partial charge in [0.1, 0.15) is 19.3 Å². The van der Waals surface area contributed by atoms with E-state index in [0.29, 0.717) is 25.7 Å². The van der Waals surface area contributed by atoms with Gasteiger partial charge in [-0.05, 0) is 49.4 Å². The molecule has 0 saturated heterocycles. The Morgan fingerprint density at radius 2 is 0.495 bits per heavy atom. The van der Waals surface area contributed by atoms with E-state index >= 15 is 0 Å². The van der Waals surface area contributed by atoms with Gasteiger partial charge in [0.05, 0.1) is 26.4 Å². The van der Waals surface area contributed by atoms with Gasteiger partial charge in [0.15, 0.2) is 12.2 Å². The monoisotopic (exact) mass is 1420 g/mol. The Hall–Kier alpha value is -1.94. The van der Waals surface area contributed by atoms with Crippen molar-refractivity contribution in [2.24, 2.45) is 23.7 Å². The van der Waals surface area contributed by atoms with E-state index in [-0.39, 0.29) is 25.7 Å². The second kappa shape index (κ2) is 67.2. The lowest BCUT2D eigenvalue weighted by molar-refractivity contribution is -0.161. The van der Waals surface area contributed by atoms with Crippen LogP contribution in [0, 0.1) is 23.7 Å². The highest BCUT2D eigenvalue weighted by Gasteiger charge is 2.30. The van der Waals surface area contributed by atoms with Crippen LogP contribution in [0.3, 0.4) is 0 Å². The second-order valence-electron chi connectivity index (χ2n) is 29.8. The summed E-state index contributed by atoms with van der Waals surface area (Å²) in [7, 11) is -9.92. The zero-order valence-corrected chi connectivity index (χ0v) is 65.5. The molecular formula is C78H152O17P2. The van der Waals surface area contributed by atoms with Crippen LogP contribution in [0.15, 0.2) is 0 Å². The number of ether oxygens (including phenoxy) is 4. The number of phosphoric ester groups is 2. The molecule has 17 nitrogen and oxygen atoms in total. The SMILES string of the molecule is CCC(C)CCCCCCCCCCC(=O)O[C@H](COC(=O)CCCCCCCCCCC(C)C)COP(=O)(O)OCC(O)COP(=O)(O)OC[C@@H](COC(=O)CCCCCCCCCCCCCCCCCC(C)C)OC(=O)CCCCCCCCCCCCCCCC(C)C. The van der Waals surface area contributed by atoms with Crippen LogP contribution in [0.2, 0.25) is 0 Å². The molecule has 576 valence electrons. The van der Waals surface area contributed by atoms with Gasteiger partial charge in [-0.3, -0.25) is 37.3 Å². The Bertz CT molecular complexity index is 1900. The van der Waals surface area contributed by atoms with Crippen LogP contribution in [-0.4, -0.2) is 96.7 Å². The first kappa shape index (κ1) is 95.1. The Labute approximate surface area is 594 Å². The summed E-state index contributed by atoms with van der Waals surface area (Å²) < 4.78 is 68.6. The van der Waals surface area contributed by atoms with Crippen molar-refractivity contribution in [2.45, 2.75) is 414 Å². The van der Waals surface area contributed by atoms with Crippen LogP contribution < -0.4 is 0 Å². The highest BCUT2D eigenvalue weighted by molar-refractivity contribution is 7.47. The fourth-order valence-electron chi connectivity index (χ4n) is 11.9. The van der Waals surface area contributed by atoms with Gasteiger partial charge in [0, 0.05) is 25.7 Å². The summed E-state index contributed by atoms with van der Waals surface area (Å²) in [5, 5.41) is 10.6. The van der Waals surface area contributed by atoms with Crippen LogP contribution in [0.1, 0.15) is 396 Å². The van der Waals surface area contributed by atoms with Gasteiger partial charge in [-0.2, -0.15) is 0 Å². The molecule has 0 fully saturated rings. The third-order valence-electron chi connectivity index (χ3n) is 18.4. The van der Waals surface area contributed by atoms with Gasteiger partial charge in [0.2, 0.25) is 0 Å². The normalized spacial score (nSPS) is 14.4. The van der Waals surface area contributed by atoms with Crippen molar-refractivity contribution in [3.05, 3.63) is 0 Å². The second-order valence-corrected chi connectivity index (χ2v) is 32.7. The van der Waals surface area contributed by atoms with Crippen molar-refractivity contribution in [1.82, 2.24) is 0 Å². The number of hydrogen-bond donors (Lipinski definition) is 3. The zero-order chi connectivity index (χ0) is 71.7. The maximum absolute atomic E-state index is 13.1. The predicted octanol–water partition coefficient (Wildman–Crippen LogP) is 22.8. The van der Waals surface area contributed by atoms with Gasteiger partial charge in [-0.1, -0.05) is 344 Å². The number of hydrogen-bond acceptors (Lipinski definition) is 15. The Kier molecular flexibility index (Phi) is 65.9. The molecule has 3 N–H and O–H groups in total. The van der Waals surface area contributed by atoms with Crippen molar-refractivity contribution >= 4 is 39.5 Å². The topological polar surface area (TPSA) is 237 Å². The largest absolute Gasteiger partial charge is 0.472 e. The first-order chi connectivity index (χ1) is 46.6. The fourth-order valence-corrected chi connectivity index (χ4v) is 13.5. The van der Waals surface area contributed by atoms with E-state index in [0.717, 1.165) is 114 Å². The number of esters is 4. The molecule has 0 aromatic heterocycles. The van der Waals surface area contributed by atoms with Crippen molar-refractivity contribution in [2.75, 3.05) is 39.6 Å². The quantitative estimate of drug-likeness (QED) is 0.0222. The van der Waals surface area contributed by atoms with Crippen LogP contribution in [-0.2, 0) is 65.4 Å². The molecule has 0 spiro atoms. The molecule has 0 bridgehead atoms. The zero-order valence-electron chi connectivity index (χ0n) is 63.7. The lowest BCUT2D eigenvalue weighted by Gasteiger charge is -2.21. The van der Waals surface area contributed by atoms with Crippen molar-refractivity contribution < 1.29 is 80.2 Å². The van der Waals surface area contributed by atoms with Crippen molar-refractivity contribution in [3.63, 3.8) is 0 Å². The van der Waals surface area contributed by atoms with Crippen molar-refractivity contribution in [1.29, 1.82) is 0 Å². The fraction of sp³-hybridized carbons (Fsp3) is 0.949. The summed E-state index contributed by atoms with van der Waals surface area (Å²) in [6.45, 7) is 14.2. The molecule has 6 atom stereocenters. The molecule has 0 amide bonds. The first-order valence-corrected chi connectivity index (χ1v) is 43.2. The van der Waals surface area contributed by atoms with Crippen LogP contribution in [0.4, 0.5) is 0 Å². The van der Waals surface area contributed by atoms with Crippen LogP contribution in [0.25, 0.3) is 0 Å². The first-order valence-electron chi connectivity index (χ1n) is 40.2. The number of carbonyl (C=O) groups excluding carboxylic acids is 4. The summed E-state index contributed by atoms with van der Waals surface area (Å²) in [6, 6.07) is 0. The molecule has 0 aliphatic carbocycles. The molecule has 0 saturated carbocycles. The number of aliphatic hydroxyl groups is 1.